The van der Waals surface area contributed by atoms with Crippen molar-refractivity contribution in [2.75, 3.05) is 6.61 Å². The van der Waals surface area contributed by atoms with Crippen molar-refractivity contribution in [2.24, 2.45) is 5.41 Å². The fourth-order valence-electron chi connectivity index (χ4n) is 2.71. The molecule has 24 heavy (non-hydrogen) atoms. The van der Waals surface area contributed by atoms with Gasteiger partial charge in [-0.2, -0.15) is 17.5 Å². The molecule has 1 fully saturated rings. The van der Waals surface area contributed by atoms with Gasteiger partial charge >= 0.3 is 12.3 Å². The fraction of sp³-hybridized carbons (Fsp3) is 0.533. The zero-order valence-electron chi connectivity index (χ0n) is 13.4. The summed E-state index contributed by atoms with van der Waals surface area (Å²) in [4.78, 5) is 11.6. The standard InChI is InChI=1S/C15H18F3NO4S/c1-13(2,3)14(9-23-24(22)19(14)12(20)21)8-10-4-6-11(7-5-10)15(16,17)18/h4-7H,8-9H2,1-3H3,(H,20,21)/t14-,24?/m1/s1. The predicted octanol–water partition coefficient (Wildman–Crippen LogP) is 3.62. The monoisotopic (exact) mass is 365 g/mol. The highest BCUT2D eigenvalue weighted by Gasteiger charge is 2.57. The van der Waals surface area contributed by atoms with Crippen LogP contribution in [0.4, 0.5) is 18.0 Å². The topological polar surface area (TPSA) is 66.8 Å². The Labute approximate surface area is 140 Å². The minimum absolute atomic E-state index is 0.0900. The average Bonchev–Trinajstić information content (AvgIpc) is 2.76. The predicted molar refractivity (Wildman–Crippen MR) is 81.3 cm³/mol. The van der Waals surface area contributed by atoms with Crippen LogP contribution in [0.25, 0.3) is 0 Å². The summed E-state index contributed by atoms with van der Waals surface area (Å²) in [6.45, 7) is 5.23. The maximum Gasteiger partial charge on any atom is 0.421 e. The summed E-state index contributed by atoms with van der Waals surface area (Å²) < 4.78 is 55.7. The molecule has 0 spiro atoms. The Morgan fingerprint density at radius 1 is 1.29 bits per heavy atom. The fourth-order valence-corrected chi connectivity index (χ4v) is 3.91. The highest BCUT2D eigenvalue weighted by atomic mass is 32.2. The smallest absolute Gasteiger partial charge is 0.421 e. The first kappa shape index (κ1) is 18.7. The van der Waals surface area contributed by atoms with E-state index in [1.165, 1.54) is 12.1 Å². The minimum atomic E-state index is -4.44. The SMILES string of the molecule is CC(C)(C)[C@@]1(Cc2ccc(C(F)(F)F)cc2)COS(=O)N1C(=O)O. The molecule has 0 saturated carbocycles. The number of rotatable bonds is 2. The molecule has 0 radical (unpaired) electrons. The Morgan fingerprint density at radius 2 is 1.83 bits per heavy atom. The molecule has 1 aromatic carbocycles. The summed E-state index contributed by atoms with van der Waals surface area (Å²) in [6.07, 6.45) is -5.74. The maximum absolute atomic E-state index is 12.7. The minimum Gasteiger partial charge on any atom is -0.464 e. The van der Waals surface area contributed by atoms with Gasteiger partial charge in [-0.1, -0.05) is 32.9 Å². The van der Waals surface area contributed by atoms with Gasteiger partial charge in [-0.15, -0.1) is 0 Å². The lowest BCUT2D eigenvalue weighted by Gasteiger charge is -2.44. The van der Waals surface area contributed by atoms with Crippen LogP contribution in [-0.2, 0) is 28.0 Å². The molecule has 1 unspecified atom stereocenters. The van der Waals surface area contributed by atoms with Gasteiger partial charge in [0, 0.05) is 0 Å². The lowest BCUT2D eigenvalue weighted by molar-refractivity contribution is -0.137. The summed E-state index contributed by atoms with van der Waals surface area (Å²) in [5, 5.41) is 9.42. The molecule has 9 heteroatoms. The average molecular weight is 365 g/mol. The van der Waals surface area contributed by atoms with Gasteiger partial charge in [-0.05, 0) is 29.5 Å². The Bertz CT molecular complexity index is 654. The van der Waals surface area contributed by atoms with Crippen molar-refractivity contribution < 1.29 is 31.5 Å². The molecule has 1 aliphatic rings. The van der Waals surface area contributed by atoms with E-state index < -0.39 is 40.1 Å². The third kappa shape index (κ3) is 3.27. The molecule has 1 aromatic rings. The number of benzene rings is 1. The number of nitrogens with zero attached hydrogens (tertiary/aromatic N) is 1. The second kappa shape index (κ2) is 6.03. The van der Waals surface area contributed by atoms with E-state index >= 15 is 0 Å². The van der Waals surface area contributed by atoms with Gasteiger partial charge < -0.3 is 5.11 Å². The molecule has 2 rings (SSSR count). The molecule has 1 heterocycles. The molecule has 0 aliphatic carbocycles. The molecule has 2 atom stereocenters. The Kier molecular flexibility index (Phi) is 4.71. The van der Waals surface area contributed by atoms with Crippen LogP contribution in [0, 0.1) is 5.41 Å². The molecule has 1 aliphatic heterocycles. The number of halogens is 3. The van der Waals surface area contributed by atoms with E-state index in [1.54, 1.807) is 20.8 Å². The molecule has 134 valence electrons. The zero-order valence-corrected chi connectivity index (χ0v) is 14.2. The van der Waals surface area contributed by atoms with Gasteiger partial charge in [0.25, 0.3) is 11.3 Å². The van der Waals surface area contributed by atoms with Crippen LogP contribution in [0.3, 0.4) is 0 Å². The van der Waals surface area contributed by atoms with Gasteiger partial charge in [0.1, 0.15) is 0 Å². The first-order chi connectivity index (χ1) is 10.9. The summed E-state index contributed by atoms with van der Waals surface area (Å²) in [6, 6.07) is 4.50. The first-order valence-electron chi connectivity index (χ1n) is 7.13. The van der Waals surface area contributed by atoms with E-state index in [9.17, 15) is 27.3 Å². The largest absolute Gasteiger partial charge is 0.464 e. The van der Waals surface area contributed by atoms with Crippen LogP contribution in [0.2, 0.25) is 0 Å². The van der Waals surface area contributed by atoms with Gasteiger partial charge in [0.15, 0.2) is 0 Å². The van der Waals surface area contributed by atoms with E-state index in [0.717, 1.165) is 16.4 Å². The molecular formula is C15H18F3NO4S. The van der Waals surface area contributed by atoms with E-state index in [0.29, 0.717) is 5.56 Å². The van der Waals surface area contributed by atoms with E-state index in [2.05, 4.69) is 0 Å². The molecule has 5 nitrogen and oxygen atoms in total. The van der Waals surface area contributed by atoms with Gasteiger partial charge in [0.05, 0.1) is 17.7 Å². The number of carboxylic acid groups (broad SMARTS) is 1. The lowest BCUT2D eigenvalue weighted by Crippen LogP contribution is -2.58. The zero-order chi connectivity index (χ0) is 18.3. The number of hydrogen-bond donors (Lipinski definition) is 1. The van der Waals surface area contributed by atoms with Gasteiger partial charge in [0.2, 0.25) is 0 Å². The van der Waals surface area contributed by atoms with Crippen LogP contribution >= 0.6 is 0 Å². The number of hydrogen-bond acceptors (Lipinski definition) is 3. The summed E-state index contributed by atoms with van der Waals surface area (Å²) in [5.74, 6) is 0. The quantitative estimate of drug-likeness (QED) is 0.869. The van der Waals surface area contributed by atoms with Crippen LogP contribution in [0.5, 0.6) is 0 Å². The Morgan fingerprint density at radius 3 is 2.25 bits per heavy atom. The van der Waals surface area contributed by atoms with Gasteiger partial charge in [-0.25, -0.2) is 9.00 Å². The third-order valence-corrected chi connectivity index (χ3v) is 5.41. The van der Waals surface area contributed by atoms with Crippen LogP contribution < -0.4 is 0 Å². The van der Waals surface area contributed by atoms with Crippen molar-refractivity contribution >= 4 is 17.4 Å². The van der Waals surface area contributed by atoms with Crippen molar-refractivity contribution in [2.45, 2.75) is 38.9 Å². The maximum atomic E-state index is 12.7. The van der Waals surface area contributed by atoms with Crippen molar-refractivity contribution in [3.8, 4) is 0 Å². The van der Waals surface area contributed by atoms with Crippen molar-refractivity contribution in [3.05, 3.63) is 35.4 Å². The lowest BCUT2D eigenvalue weighted by atomic mass is 9.70. The molecule has 1 saturated heterocycles. The summed E-state index contributed by atoms with van der Waals surface area (Å²) >= 11 is -2.14. The normalized spacial score (nSPS) is 25.1. The Balaban J connectivity index is 2.41. The summed E-state index contributed by atoms with van der Waals surface area (Å²) in [7, 11) is 0. The van der Waals surface area contributed by atoms with Gasteiger partial charge in [-0.3, -0.25) is 4.18 Å². The number of carbonyl (C=O) groups is 1. The van der Waals surface area contributed by atoms with Crippen molar-refractivity contribution in [1.82, 2.24) is 4.31 Å². The molecule has 0 aromatic heterocycles. The molecular weight excluding hydrogens is 347 g/mol. The molecule has 1 N–H and O–H groups in total. The molecule has 1 amide bonds. The second-order valence-electron chi connectivity index (χ2n) is 6.71. The molecule has 0 bridgehead atoms. The highest BCUT2D eigenvalue weighted by Crippen LogP contribution is 2.44. The number of amides is 1. The second-order valence-corrected chi connectivity index (χ2v) is 7.74. The van der Waals surface area contributed by atoms with Crippen LogP contribution in [-0.4, -0.2) is 31.9 Å². The van der Waals surface area contributed by atoms with E-state index in [-0.39, 0.29) is 13.0 Å². The van der Waals surface area contributed by atoms with E-state index in [4.69, 9.17) is 4.18 Å². The van der Waals surface area contributed by atoms with Crippen LogP contribution in [0.1, 0.15) is 31.9 Å². The number of alkyl halides is 3. The Hall–Kier alpha value is -1.61. The third-order valence-electron chi connectivity index (χ3n) is 4.28. The van der Waals surface area contributed by atoms with Crippen molar-refractivity contribution in [1.29, 1.82) is 0 Å². The highest BCUT2D eigenvalue weighted by molar-refractivity contribution is 7.78. The first-order valence-corrected chi connectivity index (χ1v) is 8.16. The summed E-state index contributed by atoms with van der Waals surface area (Å²) in [5.41, 5.74) is -2.08. The van der Waals surface area contributed by atoms with Crippen LogP contribution in [0.15, 0.2) is 24.3 Å². The van der Waals surface area contributed by atoms with E-state index in [1.807, 2.05) is 0 Å². The van der Waals surface area contributed by atoms with Crippen molar-refractivity contribution in [3.63, 3.8) is 0 Å².